The Morgan fingerprint density at radius 2 is 1.77 bits per heavy atom. The highest BCUT2D eigenvalue weighted by Gasteiger charge is 2.38. The third kappa shape index (κ3) is 5.43. The van der Waals surface area contributed by atoms with Crippen LogP contribution in [0.2, 0.25) is 0 Å². The summed E-state index contributed by atoms with van der Waals surface area (Å²) < 4.78 is 98.6. The Bertz CT molecular complexity index is 1260. The molecule has 0 unspecified atom stereocenters. The van der Waals surface area contributed by atoms with E-state index in [1.807, 2.05) is 4.90 Å². The van der Waals surface area contributed by atoms with E-state index in [1.165, 1.54) is 6.07 Å². The molecule has 0 aliphatic carbocycles. The van der Waals surface area contributed by atoms with Crippen LogP contribution in [0.1, 0.15) is 27.8 Å². The average Bonchev–Trinajstić information content (AvgIpc) is 2.73. The first-order chi connectivity index (χ1) is 16.3. The number of fused-ring (bicyclic) bond motifs is 1. The molecular weight excluding hydrogens is 483 g/mol. The average molecular weight is 499 g/mol. The summed E-state index contributed by atoms with van der Waals surface area (Å²) >= 11 is 0. The smallest absolute Gasteiger partial charge is 0.417 e. The number of hydrogen-bond donors (Lipinski definition) is 1. The van der Waals surface area contributed by atoms with Gasteiger partial charge in [0.2, 0.25) is 0 Å². The second-order valence-corrected chi connectivity index (χ2v) is 8.20. The van der Waals surface area contributed by atoms with Crippen molar-refractivity contribution in [2.24, 2.45) is 5.92 Å². The zero-order chi connectivity index (χ0) is 25.5. The highest BCUT2D eigenvalue weighted by atomic mass is 19.4. The number of hydrogen-bond acceptors (Lipinski definition) is 3. The molecule has 0 atom stereocenters. The fraction of sp³-hybridized carbons (Fsp3) is 0.292. The number of aliphatic carboxylic acids is 1. The zero-order valence-corrected chi connectivity index (χ0v) is 17.7. The van der Waals surface area contributed by atoms with Crippen LogP contribution in [0.5, 0.6) is 5.75 Å². The van der Waals surface area contributed by atoms with Crippen LogP contribution in [0.15, 0.2) is 35.9 Å². The van der Waals surface area contributed by atoms with Gasteiger partial charge in [0.15, 0.2) is 0 Å². The molecular formula is C24H16F7NO3. The van der Waals surface area contributed by atoms with Crippen molar-refractivity contribution in [1.29, 1.82) is 0 Å². The van der Waals surface area contributed by atoms with Crippen LogP contribution in [0.3, 0.4) is 0 Å². The number of benzene rings is 2. The topological polar surface area (TPSA) is 49.8 Å². The molecule has 0 spiro atoms. The summed E-state index contributed by atoms with van der Waals surface area (Å²) in [4.78, 5) is 12.8. The Balaban J connectivity index is 1.57. The molecule has 1 fully saturated rings. The quantitative estimate of drug-likeness (QED) is 0.474. The summed E-state index contributed by atoms with van der Waals surface area (Å²) in [6, 6.07) is 3.45. The number of carboxylic acids is 1. The SMILES string of the molecule is O=C(O)C1CN(CC2=Cc3c(F)cc(C#Cc4ccc(C(F)(F)F)cc4C(F)(F)F)cc3OC2)C1. The van der Waals surface area contributed by atoms with Gasteiger partial charge in [-0.2, -0.15) is 26.3 Å². The van der Waals surface area contributed by atoms with Gasteiger partial charge in [-0.05, 0) is 42.0 Å². The third-order valence-corrected chi connectivity index (χ3v) is 5.58. The predicted octanol–water partition coefficient (Wildman–Crippen LogP) is 5.06. The predicted molar refractivity (Wildman–Crippen MR) is 110 cm³/mol. The van der Waals surface area contributed by atoms with Gasteiger partial charge in [-0.3, -0.25) is 9.69 Å². The number of likely N-dealkylation sites (tertiary alicyclic amines) is 1. The van der Waals surface area contributed by atoms with E-state index in [-0.39, 0.29) is 29.5 Å². The third-order valence-electron chi connectivity index (χ3n) is 5.58. The van der Waals surface area contributed by atoms with Crippen molar-refractivity contribution >= 4 is 12.0 Å². The molecule has 0 saturated carbocycles. The minimum absolute atomic E-state index is 0.0102. The van der Waals surface area contributed by atoms with E-state index in [2.05, 4.69) is 11.8 Å². The van der Waals surface area contributed by atoms with Gasteiger partial charge < -0.3 is 9.84 Å². The fourth-order valence-electron chi connectivity index (χ4n) is 3.78. The molecule has 4 rings (SSSR count). The molecule has 2 aliphatic heterocycles. The number of alkyl halides is 6. The van der Waals surface area contributed by atoms with Crippen molar-refractivity contribution in [3.8, 4) is 17.6 Å². The molecule has 11 heteroatoms. The summed E-state index contributed by atoms with van der Waals surface area (Å²) in [5, 5.41) is 8.94. The van der Waals surface area contributed by atoms with Gasteiger partial charge in [-0.15, -0.1) is 0 Å². The Kier molecular flexibility index (Phi) is 6.27. The molecule has 35 heavy (non-hydrogen) atoms. The van der Waals surface area contributed by atoms with Crippen LogP contribution in [0.25, 0.3) is 6.08 Å². The maximum Gasteiger partial charge on any atom is 0.417 e. The van der Waals surface area contributed by atoms with Crippen LogP contribution in [0, 0.1) is 23.6 Å². The van der Waals surface area contributed by atoms with E-state index in [0.717, 1.165) is 11.6 Å². The molecule has 0 bridgehead atoms. The van der Waals surface area contributed by atoms with E-state index in [1.54, 1.807) is 6.08 Å². The van der Waals surface area contributed by atoms with Crippen molar-refractivity contribution in [3.63, 3.8) is 0 Å². The Morgan fingerprint density at radius 3 is 2.40 bits per heavy atom. The molecule has 0 radical (unpaired) electrons. The van der Waals surface area contributed by atoms with Crippen molar-refractivity contribution in [1.82, 2.24) is 4.90 Å². The maximum absolute atomic E-state index is 14.7. The Hall–Kier alpha value is -3.52. The van der Waals surface area contributed by atoms with E-state index >= 15 is 0 Å². The molecule has 0 amide bonds. The zero-order valence-electron chi connectivity index (χ0n) is 17.7. The number of carbonyl (C=O) groups is 1. The van der Waals surface area contributed by atoms with Gasteiger partial charge in [-0.25, -0.2) is 4.39 Å². The minimum Gasteiger partial charge on any atom is -0.488 e. The van der Waals surface area contributed by atoms with Crippen LogP contribution < -0.4 is 4.74 Å². The van der Waals surface area contributed by atoms with Gasteiger partial charge in [0, 0.05) is 30.8 Å². The van der Waals surface area contributed by atoms with Crippen molar-refractivity contribution in [2.75, 3.05) is 26.2 Å². The standard InChI is InChI=1S/C24H16F7NO3/c25-20-6-13(1-2-15-3-4-17(23(26,27)28)8-19(15)24(29,30)31)7-21-18(20)5-14(12-35-21)9-32-10-16(11-32)22(33)34/h3-8,16H,9-12H2,(H,33,34). The number of ether oxygens (including phenoxy) is 1. The molecule has 2 aliphatic rings. The van der Waals surface area contributed by atoms with Crippen LogP contribution in [-0.2, 0) is 17.1 Å². The maximum atomic E-state index is 14.7. The molecule has 1 N–H and O–H groups in total. The summed E-state index contributed by atoms with van der Waals surface area (Å²) in [5.41, 5.74) is -2.85. The molecule has 2 aromatic carbocycles. The summed E-state index contributed by atoms with van der Waals surface area (Å²) in [5.74, 6) is 2.62. The van der Waals surface area contributed by atoms with E-state index in [0.29, 0.717) is 31.8 Å². The lowest BCUT2D eigenvalue weighted by Crippen LogP contribution is -2.51. The summed E-state index contributed by atoms with van der Waals surface area (Å²) in [6.07, 6.45) is -8.46. The van der Waals surface area contributed by atoms with Crippen LogP contribution in [-0.4, -0.2) is 42.2 Å². The molecule has 2 aromatic rings. The second-order valence-electron chi connectivity index (χ2n) is 8.20. The first kappa shape index (κ1) is 24.6. The Labute approximate surface area is 194 Å². The van der Waals surface area contributed by atoms with Crippen molar-refractivity contribution < 1.29 is 45.4 Å². The Morgan fingerprint density at radius 1 is 1.06 bits per heavy atom. The van der Waals surface area contributed by atoms with E-state index < -0.39 is 46.7 Å². The lowest BCUT2D eigenvalue weighted by Gasteiger charge is -2.37. The lowest BCUT2D eigenvalue weighted by atomic mass is 9.98. The highest BCUT2D eigenvalue weighted by molar-refractivity contribution is 5.71. The normalized spacial score (nSPS) is 16.4. The van der Waals surface area contributed by atoms with Gasteiger partial charge in [-0.1, -0.05) is 11.8 Å². The monoisotopic (exact) mass is 499 g/mol. The number of halogens is 7. The van der Waals surface area contributed by atoms with Crippen molar-refractivity contribution in [3.05, 3.63) is 69.5 Å². The van der Waals surface area contributed by atoms with Gasteiger partial charge in [0.1, 0.15) is 18.2 Å². The van der Waals surface area contributed by atoms with Crippen LogP contribution in [0.4, 0.5) is 30.7 Å². The van der Waals surface area contributed by atoms with Gasteiger partial charge >= 0.3 is 18.3 Å². The van der Waals surface area contributed by atoms with E-state index in [9.17, 15) is 35.5 Å². The fourth-order valence-corrected chi connectivity index (χ4v) is 3.78. The van der Waals surface area contributed by atoms with Gasteiger partial charge in [0.05, 0.1) is 22.6 Å². The molecule has 1 saturated heterocycles. The molecule has 184 valence electrons. The molecule has 0 aromatic heterocycles. The summed E-state index contributed by atoms with van der Waals surface area (Å²) in [6.45, 7) is 1.26. The first-order valence-electron chi connectivity index (χ1n) is 10.2. The second kappa shape index (κ2) is 8.92. The molecule has 4 nitrogen and oxygen atoms in total. The largest absolute Gasteiger partial charge is 0.488 e. The number of rotatable bonds is 3. The van der Waals surface area contributed by atoms with Crippen molar-refractivity contribution in [2.45, 2.75) is 12.4 Å². The van der Waals surface area contributed by atoms with Crippen LogP contribution >= 0.6 is 0 Å². The lowest BCUT2D eigenvalue weighted by molar-refractivity contribution is -0.147. The van der Waals surface area contributed by atoms with Gasteiger partial charge in [0.25, 0.3) is 0 Å². The molecule has 2 heterocycles. The summed E-state index contributed by atoms with van der Waals surface area (Å²) in [7, 11) is 0. The number of carboxylic acid groups (broad SMARTS) is 1. The highest BCUT2D eigenvalue weighted by Crippen LogP contribution is 2.37. The number of nitrogens with zero attached hydrogens (tertiary/aromatic N) is 1. The van der Waals surface area contributed by atoms with E-state index in [4.69, 9.17) is 9.84 Å². The first-order valence-corrected chi connectivity index (χ1v) is 10.2. The minimum atomic E-state index is -5.07.